The summed E-state index contributed by atoms with van der Waals surface area (Å²) in [7, 11) is 1.67. The van der Waals surface area contributed by atoms with Crippen LogP contribution in [0.4, 0.5) is 0 Å². The highest BCUT2D eigenvalue weighted by atomic mass is 32.2. The van der Waals surface area contributed by atoms with Crippen LogP contribution in [0.2, 0.25) is 0 Å². The molecule has 2 heterocycles. The van der Waals surface area contributed by atoms with Crippen LogP contribution < -0.4 is 4.74 Å². The number of hydrogen-bond acceptors (Lipinski definition) is 5. The van der Waals surface area contributed by atoms with Gasteiger partial charge in [-0.15, -0.1) is 0 Å². The maximum atomic E-state index is 13.3. The molecular formula is C29H33N3O2S2. The Morgan fingerprint density at radius 2 is 1.81 bits per heavy atom. The molecule has 36 heavy (non-hydrogen) atoms. The fourth-order valence-electron chi connectivity index (χ4n) is 4.34. The third-order valence-corrected chi connectivity index (χ3v) is 7.70. The number of nitrogens with zero attached hydrogens (tertiary/aromatic N) is 3. The first kappa shape index (κ1) is 26.2. The van der Waals surface area contributed by atoms with Crippen LogP contribution in [0.15, 0.2) is 59.6 Å². The zero-order valence-corrected chi connectivity index (χ0v) is 22.8. The van der Waals surface area contributed by atoms with Gasteiger partial charge in [0.2, 0.25) is 0 Å². The molecular weight excluding hydrogens is 486 g/mol. The quantitative estimate of drug-likeness (QED) is 0.150. The fourth-order valence-corrected chi connectivity index (χ4v) is 5.64. The number of hydrogen-bond donors (Lipinski definition) is 0. The minimum absolute atomic E-state index is 0.0112. The van der Waals surface area contributed by atoms with Gasteiger partial charge in [-0.25, -0.2) is 4.68 Å². The van der Waals surface area contributed by atoms with Crippen LogP contribution in [-0.2, 0) is 4.79 Å². The summed E-state index contributed by atoms with van der Waals surface area (Å²) < 4.78 is 7.94. The number of aromatic nitrogens is 2. The van der Waals surface area contributed by atoms with Crippen molar-refractivity contribution < 1.29 is 9.53 Å². The molecule has 3 aromatic rings. The highest BCUT2D eigenvalue weighted by Crippen LogP contribution is 2.36. The van der Waals surface area contributed by atoms with E-state index in [4.69, 9.17) is 22.1 Å². The van der Waals surface area contributed by atoms with Crippen molar-refractivity contribution in [2.45, 2.75) is 52.4 Å². The number of aryl methyl sites for hydroxylation is 1. The van der Waals surface area contributed by atoms with E-state index in [1.165, 1.54) is 37.4 Å². The minimum atomic E-state index is -0.0112. The molecule has 5 nitrogen and oxygen atoms in total. The Balaban J connectivity index is 1.61. The standard InChI is InChI=1S/C29H33N3O2S2/c1-4-5-6-7-8-12-17-31-28(33)26(36-29(31)35)19-23-20-32(24-13-10-9-11-14-24)30-27(23)22-15-16-25(34-3)21(2)18-22/h9-11,13-16,18-20H,4-8,12,17H2,1-3H3/b26-19-. The fraction of sp³-hybridized carbons (Fsp3) is 0.345. The van der Waals surface area contributed by atoms with Gasteiger partial charge in [-0.05, 0) is 55.3 Å². The number of thioether (sulfide) groups is 1. The molecule has 0 saturated carbocycles. The first-order valence-corrected chi connectivity index (χ1v) is 13.8. The summed E-state index contributed by atoms with van der Waals surface area (Å²) in [5.41, 5.74) is 4.64. The summed E-state index contributed by atoms with van der Waals surface area (Å²) in [6.45, 7) is 4.92. The van der Waals surface area contributed by atoms with E-state index < -0.39 is 0 Å². The van der Waals surface area contributed by atoms with Crippen LogP contribution in [-0.4, -0.2) is 38.6 Å². The van der Waals surface area contributed by atoms with Gasteiger partial charge >= 0.3 is 0 Å². The molecule has 1 aromatic heterocycles. The molecule has 188 valence electrons. The summed E-state index contributed by atoms with van der Waals surface area (Å²) >= 11 is 6.95. The Morgan fingerprint density at radius 3 is 2.53 bits per heavy atom. The van der Waals surface area contributed by atoms with E-state index in [0.717, 1.165) is 46.7 Å². The molecule has 0 N–H and O–H groups in total. The number of para-hydroxylation sites is 1. The van der Waals surface area contributed by atoms with E-state index in [2.05, 4.69) is 13.0 Å². The van der Waals surface area contributed by atoms with E-state index in [0.29, 0.717) is 15.8 Å². The molecule has 0 atom stereocenters. The molecule has 0 radical (unpaired) electrons. The lowest BCUT2D eigenvalue weighted by molar-refractivity contribution is -0.122. The molecule has 2 aromatic carbocycles. The zero-order valence-electron chi connectivity index (χ0n) is 21.2. The number of carbonyl (C=O) groups excluding carboxylic acids is 1. The molecule has 1 amide bonds. The van der Waals surface area contributed by atoms with Crippen LogP contribution in [0.1, 0.15) is 56.6 Å². The number of thiocarbonyl (C=S) groups is 1. The van der Waals surface area contributed by atoms with Crippen molar-refractivity contribution in [3.05, 3.63) is 70.8 Å². The Hall–Kier alpha value is -2.90. The van der Waals surface area contributed by atoms with E-state index in [1.54, 1.807) is 12.0 Å². The predicted molar refractivity (Wildman–Crippen MR) is 154 cm³/mol. The first-order valence-electron chi connectivity index (χ1n) is 12.6. The van der Waals surface area contributed by atoms with Gasteiger partial charge < -0.3 is 4.74 Å². The lowest BCUT2D eigenvalue weighted by Gasteiger charge is -2.14. The SMILES string of the molecule is CCCCCCCCN1C(=O)/C(=C/c2cn(-c3ccccc3)nc2-c2ccc(OC)c(C)c2)SC1=S. The molecule has 4 rings (SSSR count). The Morgan fingerprint density at radius 1 is 1.06 bits per heavy atom. The highest BCUT2D eigenvalue weighted by Gasteiger charge is 2.32. The smallest absolute Gasteiger partial charge is 0.266 e. The highest BCUT2D eigenvalue weighted by molar-refractivity contribution is 8.26. The van der Waals surface area contributed by atoms with Crippen molar-refractivity contribution >= 4 is 40.3 Å². The van der Waals surface area contributed by atoms with Crippen molar-refractivity contribution in [3.63, 3.8) is 0 Å². The Labute approximate surface area is 223 Å². The van der Waals surface area contributed by atoms with Crippen molar-refractivity contribution in [2.24, 2.45) is 0 Å². The van der Waals surface area contributed by atoms with E-state index in [-0.39, 0.29) is 5.91 Å². The van der Waals surface area contributed by atoms with E-state index >= 15 is 0 Å². The second-order valence-corrected chi connectivity index (χ2v) is 10.7. The summed E-state index contributed by atoms with van der Waals surface area (Å²) in [5.74, 6) is 0.821. The topological polar surface area (TPSA) is 47.4 Å². The molecule has 1 aliphatic heterocycles. The van der Waals surface area contributed by atoms with Crippen molar-refractivity contribution in [3.8, 4) is 22.7 Å². The number of carbonyl (C=O) groups is 1. The lowest BCUT2D eigenvalue weighted by Crippen LogP contribution is -2.29. The van der Waals surface area contributed by atoms with Crippen molar-refractivity contribution in [1.29, 1.82) is 0 Å². The van der Waals surface area contributed by atoms with Gasteiger partial charge in [0.05, 0.1) is 17.7 Å². The molecule has 0 unspecified atom stereocenters. The van der Waals surface area contributed by atoms with Gasteiger partial charge in [0, 0.05) is 23.9 Å². The number of rotatable bonds is 11. The second kappa shape index (κ2) is 12.4. The minimum Gasteiger partial charge on any atom is -0.496 e. The molecule has 1 aliphatic rings. The zero-order chi connectivity index (χ0) is 25.5. The summed E-state index contributed by atoms with van der Waals surface area (Å²) in [6, 6.07) is 16.0. The lowest BCUT2D eigenvalue weighted by atomic mass is 10.0. The summed E-state index contributed by atoms with van der Waals surface area (Å²) in [4.78, 5) is 15.7. The van der Waals surface area contributed by atoms with E-state index in [9.17, 15) is 4.79 Å². The first-order chi connectivity index (χ1) is 17.5. The summed E-state index contributed by atoms with van der Waals surface area (Å²) in [5, 5.41) is 4.90. The van der Waals surface area contributed by atoms with Crippen LogP contribution in [0.25, 0.3) is 23.0 Å². The van der Waals surface area contributed by atoms with Gasteiger partial charge in [-0.2, -0.15) is 5.10 Å². The van der Waals surface area contributed by atoms with Crippen molar-refractivity contribution in [2.75, 3.05) is 13.7 Å². The Bertz CT molecular complexity index is 1250. The van der Waals surface area contributed by atoms with Crippen LogP contribution >= 0.6 is 24.0 Å². The average Bonchev–Trinajstić information content (AvgIpc) is 3.42. The summed E-state index contributed by atoms with van der Waals surface area (Å²) in [6.07, 6.45) is 11.0. The predicted octanol–water partition coefficient (Wildman–Crippen LogP) is 7.42. The maximum Gasteiger partial charge on any atom is 0.266 e. The van der Waals surface area contributed by atoms with Gasteiger partial charge in [-0.1, -0.05) is 81.2 Å². The second-order valence-electron chi connectivity index (χ2n) is 9.00. The average molecular weight is 520 g/mol. The number of amides is 1. The molecule has 0 aliphatic carbocycles. The molecule has 0 bridgehead atoms. The van der Waals surface area contributed by atoms with Gasteiger partial charge in [0.25, 0.3) is 5.91 Å². The van der Waals surface area contributed by atoms with E-state index in [1.807, 2.05) is 66.3 Å². The number of ether oxygens (including phenoxy) is 1. The Kier molecular flexibility index (Phi) is 8.99. The van der Waals surface area contributed by atoms with Gasteiger partial charge in [0.15, 0.2) is 0 Å². The normalized spacial score (nSPS) is 14.8. The molecule has 7 heteroatoms. The van der Waals surface area contributed by atoms with Gasteiger partial charge in [0.1, 0.15) is 15.8 Å². The number of benzene rings is 2. The number of methoxy groups -OCH3 is 1. The molecule has 0 spiro atoms. The molecule has 1 fully saturated rings. The van der Waals surface area contributed by atoms with Crippen LogP contribution in [0.3, 0.4) is 0 Å². The monoisotopic (exact) mass is 519 g/mol. The number of unbranched alkanes of at least 4 members (excludes halogenated alkanes) is 5. The third-order valence-electron chi connectivity index (χ3n) is 6.33. The van der Waals surface area contributed by atoms with Crippen molar-refractivity contribution in [1.82, 2.24) is 14.7 Å². The third kappa shape index (κ3) is 6.08. The molecule has 1 saturated heterocycles. The van der Waals surface area contributed by atoms with Crippen LogP contribution in [0, 0.1) is 6.92 Å². The van der Waals surface area contributed by atoms with Gasteiger partial charge in [-0.3, -0.25) is 9.69 Å². The largest absolute Gasteiger partial charge is 0.496 e. The maximum absolute atomic E-state index is 13.3. The van der Waals surface area contributed by atoms with Crippen LogP contribution in [0.5, 0.6) is 5.75 Å².